The third-order valence-corrected chi connectivity index (χ3v) is 4.52. The first-order valence-electron chi connectivity index (χ1n) is 8.85. The summed E-state index contributed by atoms with van der Waals surface area (Å²) < 4.78 is 21.1. The number of carbonyl (C=O) groups excluding carboxylic acids is 1. The molecule has 2 heterocycles. The largest absolute Gasteiger partial charge is 0.497 e. The van der Waals surface area contributed by atoms with Gasteiger partial charge in [0.15, 0.2) is 11.4 Å². The zero-order valence-corrected chi connectivity index (χ0v) is 16.1. The normalized spacial score (nSPS) is 16.2. The third kappa shape index (κ3) is 3.60. The van der Waals surface area contributed by atoms with E-state index in [9.17, 15) is 14.9 Å². The molecule has 0 atom stereocenters. The molecule has 2 aliphatic heterocycles. The Balaban J connectivity index is 1.64. The summed E-state index contributed by atoms with van der Waals surface area (Å²) in [5.74, 6) is 0.806. The molecule has 4 rings (SSSR count). The SMILES string of the molecule is COc1ccc2c(c1)OCC(C=C1N=C(c3ccc(OC)c([N+](=O)[O-])c3)OC1=O)=C2. The molecule has 2 aromatic carbocycles. The highest BCUT2D eigenvalue weighted by atomic mass is 16.6. The number of ether oxygens (including phenoxy) is 4. The molecular formula is C21H16N2O7. The van der Waals surface area contributed by atoms with Crippen LogP contribution in [0, 0.1) is 10.1 Å². The molecule has 0 spiro atoms. The molecule has 0 bridgehead atoms. The van der Waals surface area contributed by atoms with E-state index in [0.717, 1.165) is 11.1 Å². The number of methoxy groups -OCH3 is 2. The van der Waals surface area contributed by atoms with E-state index in [4.69, 9.17) is 18.9 Å². The van der Waals surface area contributed by atoms with Crippen LogP contribution in [0.25, 0.3) is 6.08 Å². The molecule has 9 nitrogen and oxygen atoms in total. The predicted octanol–water partition coefficient (Wildman–Crippen LogP) is 3.28. The number of carbonyl (C=O) groups is 1. The highest BCUT2D eigenvalue weighted by molar-refractivity contribution is 6.11. The summed E-state index contributed by atoms with van der Waals surface area (Å²) in [6.07, 6.45) is 3.45. The van der Waals surface area contributed by atoms with Crippen LogP contribution in [0.5, 0.6) is 17.2 Å². The van der Waals surface area contributed by atoms with Crippen LogP contribution in [-0.2, 0) is 9.53 Å². The maximum Gasteiger partial charge on any atom is 0.363 e. The van der Waals surface area contributed by atoms with Gasteiger partial charge in [-0.05, 0) is 42.0 Å². The highest BCUT2D eigenvalue weighted by Crippen LogP contribution is 2.32. The standard InChI is InChI=1S/C21H16N2O7/c1-27-15-5-3-13-7-12(11-29-19(13)10-15)8-16-21(24)30-20(22-16)14-4-6-18(28-2)17(9-14)23(25)26/h3-10H,11H2,1-2H3. The van der Waals surface area contributed by atoms with Gasteiger partial charge in [-0.3, -0.25) is 10.1 Å². The maximum atomic E-state index is 12.3. The lowest BCUT2D eigenvalue weighted by molar-refractivity contribution is -0.385. The number of aliphatic imine (C=N–C) groups is 1. The Morgan fingerprint density at radius 1 is 1.17 bits per heavy atom. The molecular weight excluding hydrogens is 392 g/mol. The minimum Gasteiger partial charge on any atom is -0.497 e. The number of fused-ring (bicyclic) bond motifs is 1. The van der Waals surface area contributed by atoms with Gasteiger partial charge in [-0.1, -0.05) is 0 Å². The number of nitro benzene ring substituents is 1. The van der Waals surface area contributed by atoms with Crippen LogP contribution in [0.1, 0.15) is 11.1 Å². The lowest BCUT2D eigenvalue weighted by Gasteiger charge is -2.16. The number of hydrogen-bond donors (Lipinski definition) is 0. The highest BCUT2D eigenvalue weighted by Gasteiger charge is 2.27. The summed E-state index contributed by atoms with van der Waals surface area (Å²) >= 11 is 0. The fourth-order valence-corrected chi connectivity index (χ4v) is 3.05. The van der Waals surface area contributed by atoms with Crippen LogP contribution < -0.4 is 14.2 Å². The van der Waals surface area contributed by atoms with E-state index < -0.39 is 10.9 Å². The minimum absolute atomic E-state index is 0.0144. The molecule has 0 radical (unpaired) electrons. The van der Waals surface area contributed by atoms with E-state index in [-0.39, 0.29) is 29.6 Å². The minimum atomic E-state index is -0.648. The van der Waals surface area contributed by atoms with Crippen molar-refractivity contribution in [3.8, 4) is 17.2 Å². The van der Waals surface area contributed by atoms with Gasteiger partial charge in [0.25, 0.3) is 0 Å². The smallest absolute Gasteiger partial charge is 0.363 e. The molecule has 0 aromatic heterocycles. The number of esters is 1. The van der Waals surface area contributed by atoms with Gasteiger partial charge in [0, 0.05) is 23.3 Å². The van der Waals surface area contributed by atoms with Crippen LogP contribution in [0.3, 0.4) is 0 Å². The summed E-state index contributed by atoms with van der Waals surface area (Å²) in [5.41, 5.74) is 1.70. The maximum absolute atomic E-state index is 12.3. The van der Waals surface area contributed by atoms with E-state index in [1.54, 1.807) is 19.3 Å². The Labute approximate surface area is 171 Å². The van der Waals surface area contributed by atoms with Crippen molar-refractivity contribution in [2.45, 2.75) is 0 Å². The zero-order chi connectivity index (χ0) is 21.3. The Hall–Kier alpha value is -4.14. The van der Waals surface area contributed by atoms with Gasteiger partial charge >= 0.3 is 11.7 Å². The summed E-state index contributed by atoms with van der Waals surface area (Å²) in [6.45, 7) is 0.246. The third-order valence-electron chi connectivity index (χ3n) is 4.52. The summed E-state index contributed by atoms with van der Waals surface area (Å²) in [4.78, 5) is 27.1. The number of benzene rings is 2. The van der Waals surface area contributed by atoms with E-state index in [1.807, 2.05) is 18.2 Å². The zero-order valence-electron chi connectivity index (χ0n) is 16.1. The first-order chi connectivity index (χ1) is 14.5. The molecule has 2 aromatic rings. The van der Waals surface area contributed by atoms with Gasteiger partial charge in [0.2, 0.25) is 5.90 Å². The van der Waals surface area contributed by atoms with Crippen LogP contribution in [0.4, 0.5) is 5.69 Å². The first kappa shape index (κ1) is 19.2. The van der Waals surface area contributed by atoms with Crippen LogP contribution in [-0.4, -0.2) is 37.6 Å². The van der Waals surface area contributed by atoms with Gasteiger partial charge in [-0.15, -0.1) is 0 Å². The van der Waals surface area contributed by atoms with E-state index >= 15 is 0 Å². The molecule has 0 N–H and O–H groups in total. The van der Waals surface area contributed by atoms with Crippen molar-refractivity contribution in [1.82, 2.24) is 0 Å². The average Bonchev–Trinajstić information content (AvgIpc) is 3.12. The van der Waals surface area contributed by atoms with Crippen LogP contribution >= 0.6 is 0 Å². The molecule has 0 saturated heterocycles. The molecule has 9 heteroatoms. The molecule has 0 unspecified atom stereocenters. The molecule has 0 saturated carbocycles. The molecule has 0 aliphatic carbocycles. The van der Waals surface area contributed by atoms with E-state index in [1.165, 1.54) is 25.3 Å². The Morgan fingerprint density at radius 2 is 2.00 bits per heavy atom. The molecule has 2 aliphatic rings. The van der Waals surface area contributed by atoms with Crippen LogP contribution in [0.15, 0.2) is 58.7 Å². The molecule has 152 valence electrons. The number of hydrogen-bond acceptors (Lipinski definition) is 8. The van der Waals surface area contributed by atoms with Crippen molar-refractivity contribution in [3.63, 3.8) is 0 Å². The lowest BCUT2D eigenvalue weighted by atomic mass is 10.1. The van der Waals surface area contributed by atoms with E-state index in [2.05, 4.69) is 4.99 Å². The summed E-state index contributed by atoms with van der Waals surface area (Å²) in [6, 6.07) is 9.66. The monoisotopic (exact) mass is 408 g/mol. The van der Waals surface area contributed by atoms with Gasteiger partial charge in [-0.25, -0.2) is 9.79 Å². The Morgan fingerprint density at radius 3 is 2.73 bits per heavy atom. The fraction of sp³-hybridized carbons (Fsp3) is 0.143. The number of nitro groups is 1. The predicted molar refractivity (Wildman–Crippen MR) is 107 cm³/mol. The molecule has 0 amide bonds. The van der Waals surface area contributed by atoms with Crippen molar-refractivity contribution in [1.29, 1.82) is 0 Å². The van der Waals surface area contributed by atoms with Crippen molar-refractivity contribution in [2.75, 3.05) is 20.8 Å². The summed E-state index contributed by atoms with van der Waals surface area (Å²) in [5, 5.41) is 11.2. The molecule has 30 heavy (non-hydrogen) atoms. The quantitative estimate of drug-likeness (QED) is 0.323. The van der Waals surface area contributed by atoms with Gasteiger partial charge < -0.3 is 18.9 Å². The molecule has 0 fully saturated rings. The number of rotatable bonds is 5. The van der Waals surface area contributed by atoms with Gasteiger partial charge in [0.1, 0.15) is 18.1 Å². The summed E-state index contributed by atoms with van der Waals surface area (Å²) in [7, 11) is 2.92. The van der Waals surface area contributed by atoms with Crippen molar-refractivity contribution < 1.29 is 28.7 Å². The van der Waals surface area contributed by atoms with Crippen molar-refractivity contribution >= 4 is 23.6 Å². The second-order valence-electron chi connectivity index (χ2n) is 6.39. The second-order valence-corrected chi connectivity index (χ2v) is 6.39. The van der Waals surface area contributed by atoms with Crippen LogP contribution in [0.2, 0.25) is 0 Å². The Bertz CT molecular complexity index is 1150. The van der Waals surface area contributed by atoms with Crippen molar-refractivity contribution in [3.05, 3.63) is 75.0 Å². The van der Waals surface area contributed by atoms with Crippen molar-refractivity contribution in [2.24, 2.45) is 4.99 Å². The number of cyclic esters (lactones) is 1. The first-order valence-corrected chi connectivity index (χ1v) is 8.85. The Kier molecular flexibility index (Phi) is 4.93. The van der Waals surface area contributed by atoms with Gasteiger partial charge in [-0.2, -0.15) is 0 Å². The number of nitrogens with zero attached hydrogens (tertiary/aromatic N) is 2. The van der Waals surface area contributed by atoms with E-state index in [0.29, 0.717) is 17.1 Å². The van der Waals surface area contributed by atoms with Gasteiger partial charge in [0.05, 0.1) is 19.1 Å². The second kappa shape index (κ2) is 7.70. The lowest BCUT2D eigenvalue weighted by Crippen LogP contribution is -2.08. The fourth-order valence-electron chi connectivity index (χ4n) is 3.05. The topological polar surface area (TPSA) is 109 Å². The average molecular weight is 408 g/mol.